The summed E-state index contributed by atoms with van der Waals surface area (Å²) in [5.41, 5.74) is 6.36. The first-order valence-electron chi connectivity index (χ1n) is 14.8. The Balaban J connectivity index is 1.11. The molecular weight excluding hydrogens is 500 g/mol. The van der Waals surface area contributed by atoms with Crippen LogP contribution in [0, 0.1) is 6.92 Å². The molecule has 0 saturated carbocycles. The van der Waals surface area contributed by atoms with Crippen molar-refractivity contribution in [1.82, 2.24) is 19.8 Å². The van der Waals surface area contributed by atoms with E-state index in [4.69, 9.17) is 13.9 Å². The molecule has 2 fully saturated rings. The minimum atomic E-state index is 0.625. The van der Waals surface area contributed by atoms with Gasteiger partial charge in [0, 0.05) is 48.2 Å². The lowest BCUT2D eigenvalue weighted by atomic mass is 9.87. The quantitative estimate of drug-likeness (QED) is 0.272. The monoisotopic (exact) mass is 542 g/mol. The number of aromatic amines is 1. The molecule has 4 heterocycles. The molecule has 0 amide bonds. The zero-order valence-electron chi connectivity index (χ0n) is 24.3. The highest BCUT2D eigenvalue weighted by Crippen LogP contribution is 2.38. The van der Waals surface area contributed by atoms with E-state index in [1.807, 2.05) is 19.2 Å². The number of fused-ring (bicyclic) bond motifs is 1. The molecule has 7 heteroatoms. The molecule has 0 radical (unpaired) electrons. The van der Waals surface area contributed by atoms with E-state index in [2.05, 4.69) is 57.0 Å². The molecule has 0 bridgehead atoms. The minimum Gasteiger partial charge on any atom is -0.493 e. The van der Waals surface area contributed by atoms with Crippen LogP contribution in [0.1, 0.15) is 61.3 Å². The average molecular weight is 543 g/mol. The molecule has 0 unspecified atom stereocenters. The molecule has 7 nitrogen and oxygen atoms in total. The highest BCUT2D eigenvalue weighted by molar-refractivity contribution is 5.91. The fraction of sp³-hybridized carbons (Fsp3) is 0.485. The maximum atomic E-state index is 5.69. The topological polar surface area (TPSA) is 66.8 Å². The number of ether oxygens (including phenoxy) is 2. The van der Waals surface area contributed by atoms with Crippen molar-refractivity contribution < 1.29 is 13.9 Å². The first kappa shape index (κ1) is 26.9. The molecule has 2 aliphatic rings. The number of nitrogens with zero attached hydrogens (tertiary/aromatic N) is 3. The molecule has 6 rings (SSSR count). The predicted molar refractivity (Wildman–Crippen MR) is 159 cm³/mol. The third-order valence-electron chi connectivity index (χ3n) is 9.08. The number of aromatic nitrogens is 2. The molecule has 1 N–H and O–H groups in total. The summed E-state index contributed by atoms with van der Waals surface area (Å²) in [6.45, 7) is 9.70. The SMILES string of the molecule is CCc1c(-c2ccc(OC)c(OC)c2)[nH]c2ccc(C3CCN(C4CCN(Cc5cnc(C)o5)CC4)CC3)cc12. The summed E-state index contributed by atoms with van der Waals surface area (Å²) in [7, 11) is 3.37. The summed E-state index contributed by atoms with van der Waals surface area (Å²) >= 11 is 0. The Morgan fingerprint density at radius 1 is 0.950 bits per heavy atom. The van der Waals surface area contributed by atoms with E-state index >= 15 is 0 Å². The molecule has 0 aliphatic carbocycles. The predicted octanol–water partition coefficient (Wildman–Crippen LogP) is 6.55. The van der Waals surface area contributed by atoms with Gasteiger partial charge in [-0.05, 0) is 92.6 Å². The van der Waals surface area contributed by atoms with Crippen LogP contribution in [0.15, 0.2) is 47.0 Å². The van der Waals surface area contributed by atoms with Gasteiger partial charge >= 0.3 is 0 Å². The number of oxazole rings is 1. The number of piperidine rings is 2. The molecular formula is C33H42N4O3. The minimum absolute atomic E-state index is 0.625. The summed E-state index contributed by atoms with van der Waals surface area (Å²) in [6, 6.07) is 14.0. The van der Waals surface area contributed by atoms with Crippen LogP contribution in [0.25, 0.3) is 22.2 Å². The Morgan fingerprint density at radius 2 is 1.73 bits per heavy atom. The molecule has 2 aliphatic heterocycles. The van der Waals surface area contributed by atoms with E-state index in [1.54, 1.807) is 14.2 Å². The van der Waals surface area contributed by atoms with Crippen molar-refractivity contribution in [3.63, 3.8) is 0 Å². The van der Waals surface area contributed by atoms with Crippen LogP contribution in [0.2, 0.25) is 0 Å². The largest absolute Gasteiger partial charge is 0.493 e. The maximum absolute atomic E-state index is 5.69. The fourth-order valence-electron chi connectivity index (χ4n) is 6.86. The number of nitrogens with one attached hydrogen (secondary N) is 1. The van der Waals surface area contributed by atoms with Gasteiger partial charge < -0.3 is 23.8 Å². The van der Waals surface area contributed by atoms with Gasteiger partial charge in [-0.3, -0.25) is 4.90 Å². The van der Waals surface area contributed by atoms with Gasteiger partial charge in [-0.15, -0.1) is 0 Å². The molecule has 212 valence electrons. The average Bonchev–Trinajstić information content (AvgIpc) is 3.59. The van der Waals surface area contributed by atoms with Crippen molar-refractivity contribution >= 4 is 10.9 Å². The van der Waals surface area contributed by atoms with Crippen LogP contribution < -0.4 is 9.47 Å². The maximum Gasteiger partial charge on any atom is 0.191 e. The highest BCUT2D eigenvalue weighted by atomic mass is 16.5. The van der Waals surface area contributed by atoms with E-state index < -0.39 is 0 Å². The van der Waals surface area contributed by atoms with Crippen LogP contribution in [-0.2, 0) is 13.0 Å². The number of hydrogen-bond donors (Lipinski definition) is 1. The molecule has 0 atom stereocenters. The second-order valence-corrected chi connectivity index (χ2v) is 11.4. The lowest BCUT2D eigenvalue weighted by molar-refractivity contribution is 0.0817. The summed E-state index contributed by atoms with van der Waals surface area (Å²) in [4.78, 5) is 13.2. The van der Waals surface area contributed by atoms with E-state index in [0.717, 1.165) is 54.8 Å². The van der Waals surface area contributed by atoms with E-state index in [0.29, 0.717) is 12.0 Å². The van der Waals surface area contributed by atoms with Gasteiger partial charge in [0.05, 0.1) is 27.0 Å². The van der Waals surface area contributed by atoms with Crippen molar-refractivity contribution in [3.05, 3.63) is 65.4 Å². The number of rotatable bonds is 8. The smallest absolute Gasteiger partial charge is 0.191 e. The number of aryl methyl sites for hydroxylation is 2. The van der Waals surface area contributed by atoms with Crippen molar-refractivity contribution in [3.8, 4) is 22.8 Å². The van der Waals surface area contributed by atoms with Crippen molar-refractivity contribution in [1.29, 1.82) is 0 Å². The number of likely N-dealkylation sites (tertiary alicyclic amines) is 2. The number of hydrogen-bond acceptors (Lipinski definition) is 6. The Kier molecular flexibility index (Phi) is 7.85. The molecule has 40 heavy (non-hydrogen) atoms. The van der Waals surface area contributed by atoms with Crippen LogP contribution in [0.5, 0.6) is 11.5 Å². The first-order valence-corrected chi connectivity index (χ1v) is 14.8. The lowest BCUT2D eigenvalue weighted by Crippen LogP contribution is -2.47. The van der Waals surface area contributed by atoms with Gasteiger partial charge in [0.2, 0.25) is 0 Å². The summed E-state index contributed by atoms with van der Waals surface area (Å²) in [5.74, 6) is 3.87. The van der Waals surface area contributed by atoms with Crippen LogP contribution in [0.3, 0.4) is 0 Å². The molecule has 2 saturated heterocycles. The Bertz CT molecular complexity index is 1440. The van der Waals surface area contributed by atoms with Gasteiger partial charge in [-0.1, -0.05) is 13.0 Å². The van der Waals surface area contributed by atoms with Crippen molar-refractivity contribution in [2.75, 3.05) is 40.4 Å². The highest BCUT2D eigenvalue weighted by Gasteiger charge is 2.29. The fourth-order valence-corrected chi connectivity index (χ4v) is 6.86. The third-order valence-corrected chi connectivity index (χ3v) is 9.08. The molecule has 2 aromatic carbocycles. The second kappa shape index (κ2) is 11.7. The zero-order chi connectivity index (χ0) is 27.6. The first-order chi connectivity index (χ1) is 19.6. The van der Waals surface area contributed by atoms with Crippen LogP contribution in [0.4, 0.5) is 0 Å². The summed E-state index contributed by atoms with van der Waals surface area (Å²) in [6.07, 6.45) is 7.80. The Morgan fingerprint density at radius 3 is 2.40 bits per heavy atom. The van der Waals surface area contributed by atoms with Crippen molar-refractivity contribution in [2.24, 2.45) is 0 Å². The summed E-state index contributed by atoms with van der Waals surface area (Å²) < 4.78 is 16.7. The standard InChI is InChI=1S/C33H42N4O3/c1-5-28-29-18-24(6-8-30(29)35-33(28)25-7-9-31(38-3)32(19-25)39-4)23-10-16-37(17-11-23)26-12-14-36(15-13-26)21-27-20-34-22(2)40-27/h6-9,18-20,23,26,35H,5,10-17,21H2,1-4H3. The van der Waals surface area contributed by atoms with Gasteiger partial charge in [0.1, 0.15) is 5.76 Å². The van der Waals surface area contributed by atoms with E-state index in [1.165, 1.54) is 66.5 Å². The van der Waals surface area contributed by atoms with E-state index in [-0.39, 0.29) is 0 Å². The molecule has 2 aromatic heterocycles. The van der Waals surface area contributed by atoms with Crippen LogP contribution in [-0.4, -0.2) is 66.2 Å². The zero-order valence-corrected chi connectivity index (χ0v) is 24.3. The normalized spacial score (nSPS) is 18.0. The number of H-pyrrole nitrogens is 1. The number of methoxy groups -OCH3 is 2. The Hall–Kier alpha value is -3.29. The third kappa shape index (κ3) is 5.37. The van der Waals surface area contributed by atoms with Gasteiger partial charge in [-0.2, -0.15) is 0 Å². The van der Waals surface area contributed by atoms with E-state index in [9.17, 15) is 0 Å². The Labute approximate surface area is 237 Å². The summed E-state index contributed by atoms with van der Waals surface area (Å²) in [5, 5.41) is 1.35. The van der Waals surface area contributed by atoms with Gasteiger partial charge in [0.25, 0.3) is 0 Å². The number of benzene rings is 2. The van der Waals surface area contributed by atoms with Crippen molar-refractivity contribution in [2.45, 2.75) is 64.5 Å². The molecule has 4 aromatic rings. The second-order valence-electron chi connectivity index (χ2n) is 11.4. The van der Waals surface area contributed by atoms with Crippen LogP contribution >= 0.6 is 0 Å². The van der Waals surface area contributed by atoms with Gasteiger partial charge in [-0.25, -0.2) is 4.98 Å². The lowest BCUT2D eigenvalue weighted by Gasteiger charge is -2.41. The molecule has 0 spiro atoms. The van der Waals surface area contributed by atoms with Gasteiger partial charge in [0.15, 0.2) is 17.4 Å².